The van der Waals surface area contributed by atoms with E-state index in [1.165, 1.54) is 24.0 Å². The van der Waals surface area contributed by atoms with E-state index in [9.17, 15) is 32.3 Å². The van der Waals surface area contributed by atoms with Crippen LogP contribution in [0.2, 0.25) is 10.0 Å². The van der Waals surface area contributed by atoms with Crippen molar-refractivity contribution in [2.24, 2.45) is 0 Å². The summed E-state index contributed by atoms with van der Waals surface area (Å²) in [6.07, 6.45) is -1.35. The zero-order valence-corrected chi connectivity index (χ0v) is 22.5. The lowest BCUT2D eigenvalue weighted by atomic mass is 9.91. The van der Waals surface area contributed by atoms with Crippen LogP contribution in [0.15, 0.2) is 30.3 Å². The third-order valence-electron chi connectivity index (χ3n) is 7.08. The van der Waals surface area contributed by atoms with E-state index in [0.717, 1.165) is 12.1 Å². The first-order valence-electron chi connectivity index (χ1n) is 12.4. The van der Waals surface area contributed by atoms with Crippen LogP contribution in [0.4, 0.5) is 23.2 Å². The summed E-state index contributed by atoms with van der Waals surface area (Å²) < 4.78 is 52.0. The molecule has 2 heterocycles. The molecule has 0 saturated carbocycles. The van der Waals surface area contributed by atoms with E-state index in [2.05, 4.69) is 15.5 Å². The summed E-state index contributed by atoms with van der Waals surface area (Å²) in [6, 6.07) is 5.94. The van der Waals surface area contributed by atoms with Crippen LogP contribution in [0.1, 0.15) is 35.7 Å². The monoisotopic (exact) mass is 590 g/mol. The zero-order valence-electron chi connectivity index (χ0n) is 21.0. The van der Waals surface area contributed by atoms with Crippen molar-refractivity contribution in [3.63, 3.8) is 0 Å². The Kier molecular flexibility index (Phi) is 8.95. The van der Waals surface area contributed by atoms with E-state index < -0.39 is 42.0 Å². The maximum Gasteiger partial charge on any atom is 0.258 e. The van der Waals surface area contributed by atoms with Crippen molar-refractivity contribution >= 4 is 40.7 Å². The van der Waals surface area contributed by atoms with Gasteiger partial charge in [0.15, 0.2) is 5.60 Å². The molecule has 2 aromatic carbocycles. The van der Waals surface area contributed by atoms with E-state index in [-0.39, 0.29) is 33.3 Å². The third kappa shape index (κ3) is 6.77. The van der Waals surface area contributed by atoms with E-state index in [0.29, 0.717) is 50.8 Å². The predicted molar refractivity (Wildman–Crippen MR) is 139 cm³/mol. The van der Waals surface area contributed by atoms with Gasteiger partial charge in [-0.25, -0.2) is 17.6 Å². The summed E-state index contributed by atoms with van der Waals surface area (Å²) in [5, 5.41) is 16.3. The number of aliphatic hydroxyl groups is 1. The van der Waals surface area contributed by atoms with Crippen LogP contribution in [-0.4, -0.2) is 78.0 Å². The topological polar surface area (TPSA) is 84.9 Å². The van der Waals surface area contributed by atoms with Gasteiger partial charge in [0.2, 0.25) is 0 Å². The Morgan fingerprint density at radius 3 is 2.15 bits per heavy atom. The van der Waals surface area contributed by atoms with Gasteiger partial charge in [-0.05, 0) is 49.6 Å². The lowest BCUT2D eigenvalue weighted by Gasteiger charge is -2.48. The Labute approximate surface area is 233 Å². The fourth-order valence-electron chi connectivity index (χ4n) is 4.97. The second-order valence-corrected chi connectivity index (χ2v) is 10.8. The summed E-state index contributed by atoms with van der Waals surface area (Å²) in [5.41, 5.74) is -1.66. The molecular weight excluding hydrogens is 563 g/mol. The zero-order chi connectivity index (χ0) is 28.5. The number of benzene rings is 2. The van der Waals surface area contributed by atoms with E-state index in [1.54, 1.807) is 0 Å². The fourth-order valence-corrected chi connectivity index (χ4v) is 5.63. The summed E-state index contributed by atoms with van der Waals surface area (Å²) >= 11 is 12.4. The van der Waals surface area contributed by atoms with Crippen LogP contribution in [0.5, 0.6) is 0 Å². The van der Waals surface area contributed by atoms with E-state index in [4.69, 9.17) is 23.2 Å². The lowest BCUT2D eigenvalue weighted by Crippen LogP contribution is -2.61. The molecule has 212 valence electrons. The van der Waals surface area contributed by atoms with Crippen molar-refractivity contribution in [3.05, 3.63) is 63.1 Å². The first kappa shape index (κ1) is 29.4. The molecule has 2 aliphatic heterocycles. The Balaban J connectivity index is 1.27. The molecule has 0 unspecified atom stereocenters. The molecule has 2 saturated heterocycles. The number of nitrogens with one attached hydrogen (secondary N) is 2. The van der Waals surface area contributed by atoms with Gasteiger partial charge in [-0.2, -0.15) is 0 Å². The van der Waals surface area contributed by atoms with Crippen LogP contribution in [0.3, 0.4) is 0 Å². The van der Waals surface area contributed by atoms with Crippen LogP contribution in [-0.2, 0) is 10.4 Å². The molecule has 4 rings (SSSR count). The highest BCUT2D eigenvalue weighted by Crippen LogP contribution is 2.32. The third-order valence-corrected chi connectivity index (χ3v) is 7.67. The number of amides is 2. The average Bonchev–Trinajstić information content (AvgIpc) is 2.83. The van der Waals surface area contributed by atoms with Gasteiger partial charge < -0.3 is 20.6 Å². The van der Waals surface area contributed by atoms with Gasteiger partial charge in [0.05, 0.1) is 28.2 Å². The van der Waals surface area contributed by atoms with E-state index in [1.807, 2.05) is 0 Å². The molecule has 3 N–H and O–H groups in total. The number of piperidine rings is 1. The summed E-state index contributed by atoms with van der Waals surface area (Å²) in [6.45, 7) is 2.65. The largest absolute Gasteiger partial charge is 0.380 e. The predicted octanol–water partition coefficient (Wildman–Crippen LogP) is 4.26. The second-order valence-electron chi connectivity index (χ2n) is 9.96. The van der Waals surface area contributed by atoms with Crippen molar-refractivity contribution in [1.82, 2.24) is 15.1 Å². The van der Waals surface area contributed by atoms with Gasteiger partial charge in [-0.15, -0.1) is 0 Å². The number of carbonyl (C=O) groups excluding carboxylic acids is 2. The molecule has 0 radical (unpaired) electrons. The minimum absolute atomic E-state index is 0.0434. The number of alkyl halides is 2. The highest BCUT2D eigenvalue weighted by Gasteiger charge is 2.40. The van der Waals surface area contributed by atoms with Crippen molar-refractivity contribution in [2.45, 2.75) is 43.9 Å². The van der Waals surface area contributed by atoms with Crippen LogP contribution < -0.4 is 10.6 Å². The molecule has 0 bridgehead atoms. The highest BCUT2D eigenvalue weighted by molar-refractivity contribution is 6.40. The van der Waals surface area contributed by atoms with Gasteiger partial charge in [0, 0.05) is 44.0 Å². The highest BCUT2D eigenvalue weighted by atomic mass is 35.5. The number of nitrogens with zero attached hydrogens (tertiary/aromatic N) is 2. The molecule has 13 heteroatoms. The lowest BCUT2D eigenvalue weighted by molar-refractivity contribution is -0.152. The number of anilines is 1. The minimum atomic E-state index is -2.69. The maximum absolute atomic E-state index is 13.6. The van der Waals surface area contributed by atoms with Gasteiger partial charge in [-0.1, -0.05) is 23.2 Å². The van der Waals surface area contributed by atoms with Crippen molar-refractivity contribution in [1.29, 1.82) is 0 Å². The van der Waals surface area contributed by atoms with Crippen LogP contribution in [0.25, 0.3) is 0 Å². The standard InChI is InChI=1S/C26H28Cl2F4N4O3/c1-26(39,14-6-15(29)8-16(30)7-14)25(38)35-4-2-19(3-5-35)36-12-18(13-36)34-17-9-20(27)23(21(28)10-17)24(37)33-11-22(31)32/h6-10,18-19,22,34,39H,2-5,11-13H2,1H3,(H,33,37)/t26-/m0/s1. The molecule has 2 aliphatic rings. The number of hydrogen-bond acceptors (Lipinski definition) is 5. The van der Waals surface area contributed by atoms with Crippen LogP contribution >= 0.6 is 23.2 Å². The first-order chi connectivity index (χ1) is 18.3. The molecule has 1 atom stereocenters. The Hall–Kier alpha value is -2.60. The maximum atomic E-state index is 13.6. The van der Waals surface area contributed by atoms with E-state index >= 15 is 0 Å². The molecule has 0 aromatic heterocycles. The molecule has 0 spiro atoms. The van der Waals surface area contributed by atoms with Crippen LogP contribution in [0, 0.1) is 11.6 Å². The molecule has 7 nitrogen and oxygen atoms in total. The van der Waals surface area contributed by atoms with Crippen molar-refractivity contribution in [2.75, 3.05) is 38.0 Å². The molecule has 2 amide bonds. The Morgan fingerprint density at radius 1 is 1.05 bits per heavy atom. The first-order valence-corrected chi connectivity index (χ1v) is 13.1. The summed E-state index contributed by atoms with van der Waals surface area (Å²) in [7, 11) is 0. The number of carbonyl (C=O) groups is 2. The van der Waals surface area contributed by atoms with Gasteiger partial charge in [0.1, 0.15) is 11.6 Å². The Bertz CT molecular complexity index is 1190. The average molecular weight is 591 g/mol. The molecular formula is C26H28Cl2F4N4O3. The van der Waals surface area contributed by atoms with Gasteiger partial charge in [0.25, 0.3) is 18.2 Å². The molecule has 39 heavy (non-hydrogen) atoms. The fraction of sp³-hybridized carbons (Fsp3) is 0.462. The molecule has 2 aromatic rings. The molecule has 2 fully saturated rings. The van der Waals surface area contributed by atoms with Gasteiger partial charge >= 0.3 is 0 Å². The Morgan fingerprint density at radius 2 is 1.62 bits per heavy atom. The number of rotatable bonds is 8. The second kappa shape index (κ2) is 11.9. The van der Waals surface area contributed by atoms with Crippen molar-refractivity contribution in [3.8, 4) is 0 Å². The number of hydrogen-bond donors (Lipinski definition) is 3. The summed E-state index contributed by atoms with van der Waals surface area (Å²) in [4.78, 5) is 28.9. The number of halogens is 6. The SMILES string of the molecule is C[C@@](O)(C(=O)N1CCC(N2CC(Nc3cc(Cl)c(C(=O)NCC(F)F)c(Cl)c3)C2)CC1)c1cc(F)cc(F)c1. The smallest absolute Gasteiger partial charge is 0.258 e. The normalized spacial score (nSPS) is 18.5. The minimum Gasteiger partial charge on any atom is -0.380 e. The molecule has 0 aliphatic carbocycles. The summed E-state index contributed by atoms with van der Waals surface area (Å²) in [5.74, 6) is -3.11. The van der Waals surface area contributed by atoms with Crippen molar-refractivity contribution < 1.29 is 32.3 Å². The number of likely N-dealkylation sites (tertiary alicyclic amines) is 2. The van der Waals surface area contributed by atoms with Gasteiger partial charge in [-0.3, -0.25) is 14.5 Å². The quantitative estimate of drug-likeness (QED) is 0.400.